The second-order valence-electron chi connectivity index (χ2n) is 3.07. The van der Waals surface area contributed by atoms with Gasteiger partial charge in [-0.15, -0.1) is 6.61 Å². The molecule has 14 heavy (non-hydrogen) atoms. The summed E-state index contributed by atoms with van der Waals surface area (Å²) in [7, 11) is 0. The van der Waals surface area contributed by atoms with E-state index in [2.05, 4.69) is 26.0 Å². The molecule has 0 aliphatic carbocycles. The van der Waals surface area contributed by atoms with E-state index in [1.165, 1.54) is 5.56 Å². The molecule has 0 fully saturated rings. The predicted molar refractivity (Wildman–Crippen MR) is 55.6 cm³/mol. The van der Waals surface area contributed by atoms with Gasteiger partial charge in [0.05, 0.1) is 0 Å². The third kappa shape index (κ3) is 12.2. The number of aryl methyl sites for hydroxylation is 1. The summed E-state index contributed by atoms with van der Waals surface area (Å²) >= 11 is 0. The molecule has 0 amide bonds. The first kappa shape index (κ1) is 16.6. The zero-order valence-corrected chi connectivity index (χ0v) is 11.6. The molecule has 0 heterocycles. The number of hydrogen-bond donors (Lipinski definition) is 0. The van der Waals surface area contributed by atoms with E-state index in [4.69, 9.17) is 0 Å². The monoisotopic (exact) mass is 202 g/mol. The topological polar surface area (TPSA) is 23.1 Å². The van der Waals surface area contributed by atoms with Gasteiger partial charge in [-0.25, -0.2) is 0 Å². The van der Waals surface area contributed by atoms with Crippen LogP contribution in [0.3, 0.4) is 0 Å². The Morgan fingerprint density at radius 2 is 1.64 bits per heavy atom. The SMILES string of the molecule is CCCCC[O-].Cc1ccccc1.[Na+]. The first-order chi connectivity index (χ1) is 6.31. The van der Waals surface area contributed by atoms with Crippen molar-refractivity contribution in [3.63, 3.8) is 0 Å². The quantitative estimate of drug-likeness (QED) is 0.480. The van der Waals surface area contributed by atoms with E-state index in [0.717, 1.165) is 19.3 Å². The van der Waals surface area contributed by atoms with Crippen LogP contribution in [0.1, 0.15) is 31.7 Å². The molecule has 74 valence electrons. The molecule has 1 aromatic carbocycles. The Bertz CT molecular complexity index is 183. The van der Waals surface area contributed by atoms with Crippen molar-refractivity contribution < 1.29 is 34.7 Å². The Labute approximate surface area is 110 Å². The van der Waals surface area contributed by atoms with Crippen molar-refractivity contribution >= 4 is 0 Å². The van der Waals surface area contributed by atoms with E-state index < -0.39 is 0 Å². The maximum atomic E-state index is 9.69. The summed E-state index contributed by atoms with van der Waals surface area (Å²) in [6.07, 6.45) is 3.11. The summed E-state index contributed by atoms with van der Waals surface area (Å²) in [5, 5.41) is 9.69. The van der Waals surface area contributed by atoms with Gasteiger partial charge in [-0.2, -0.15) is 0 Å². The van der Waals surface area contributed by atoms with Crippen LogP contribution >= 0.6 is 0 Å². The van der Waals surface area contributed by atoms with Crippen molar-refractivity contribution in [3.8, 4) is 0 Å². The molecule has 0 saturated heterocycles. The van der Waals surface area contributed by atoms with E-state index in [0.29, 0.717) is 0 Å². The molecule has 0 bridgehead atoms. The molecule has 2 heteroatoms. The minimum atomic E-state index is 0. The largest absolute Gasteiger partial charge is 1.00 e. The Balaban J connectivity index is 0. The molecule has 0 aromatic heterocycles. The van der Waals surface area contributed by atoms with Gasteiger partial charge in [0.25, 0.3) is 0 Å². The third-order valence-electron chi connectivity index (χ3n) is 1.69. The van der Waals surface area contributed by atoms with Gasteiger partial charge in [-0.3, -0.25) is 0 Å². The van der Waals surface area contributed by atoms with Crippen molar-refractivity contribution in [1.29, 1.82) is 0 Å². The Morgan fingerprint density at radius 3 is 1.86 bits per heavy atom. The minimum Gasteiger partial charge on any atom is -0.854 e. The second kappa shape index (κ2) is 13.2. The van der Waals surface area contributed by atoms with E-state index in [1.54, 1.807) is 0 Å². The number of benzene rings is 1. The van der Waals surface area contributed by atoms with Gasteiger partial charge >= 0.3 is 29.6 Å². The van der Waals surface area contributed by atoms with Gasteiger partial charge < -0.3 is 5.11 Å². The Hall–Kier alpha value is 0.180. The fraction of sp³-hybridized carbons (Fsp3) is 0.500. The molecular weight excluding hydrogens is 183 g/mol. The summed E-state index contributed by atoms with van der Waals surface area (Å²) in [6.45, 7) is 4.28. The Kier molecular flexibility index (Phi) is 15.6. The predicted octanol–water partition coefficient (Wildman–Crippen LogP) is -0.464. The summed E-state index contributed by atoms with van der Waals surface area (Å²) in [5.74, 6) is 0. The molecule has 0 unspecified atom stereocenters. The Morgan fingerprint density at radius 1 is 1.07 bits per heavy atom. The minimum absolute atomic E-state index is 0. The van der Waals surface area contributed by atoms with Crippen molar-refractivity contribution in [1.82, 2.24) is 0 Å². The maximum absolute atomic E-state index is 9.69. The fourth-order valence-corrected chi connectivity index (χ4v) is 0.886. The zero-order chi connectivity index (χ0) is 9.94. The zero-order valence-electron chi connectivity index (χ0n) is 9.62. The van der Waals surface area contributed by atoms with Gasteiger partial charge in [0.15, 0.2) is 0 Å². The van der Waals surface area contributed by atoms with Crippen molar-refractivity contribution in [3.05, 3.63) is 35.9 Å². The number of unbranched alkanes of at least 4 members (excludes halogenated alkanes) is 2. The average Bonchev–Trinajstić information content (AvgIpc) is 2.17. The van der Waals surface area contributed by atoms with Crippen LogP contribution in [0.4, 0.5) is 0 Å². The summed E-state index contributed by atoms with van der Waals surface area (Å²) in [5.41, 5.74) is 1.32. The molecule has 1 aromatic rings. The van der Waals surface area contributed by atoms with Crippen LogP contribution in [0.15, 0.2) is 30.3 Å². The smallest absolute Gasteiger partial charge is 0.854 e. The molecule has 1 rings (SSSR count). The average molecular weight is 202 g/mol. The molecule has 0 N–H and O–H groups in total. The van der Waals surface area contributed by atoms with Crippen LogP contribution in [-0.4, -0.2) is 6.61 Å². The van der Waals surface area contributed by atoms with Crippen LogP contribution in [0, 0.1) is 6.92 Å². The van der Waals surface area contributed by atoms with Gasteiger partial charge in [0, 0.05) is 0 Å². The van der Waals surface area contributed by atoms with Crippen LogP contribution in [0.5, 0.6) is 0 Å². The van der Waals surface area contributed by atoms with Crippen molar-refractivity contribution in [2.75, 3.05) is 6.61 Å². The second-order valence-corrected chi connectivity index (χ2v) is 3.07. The van der Waals surface area contributed by atoms with Crippen LogP contribution in [0.2, 0.25) is 0 Å². The van der Waals surface area contributed by atoms with Gasteiger partial charge in [0.1, 0.15) is 0 Å². The van der Waals surface area contributed by atoms with Crippen molar-refractivity contribution in [2.45, 2.75) is 33.1 Å². The van der Waals surface area contributed by atoms with E-state index in [9.17, 15) is 5.11 Å². The maximum Gasteiger partial charge on any atom is 1.00 e. The van der Waals surface area contributed by atoms with Gasteiger partial charge in [0.2, 0.25) is 0 Å². The van der Waals surface area contributed by atoms with E-state index in [1.807, 2.05) is 18.2 Å². The van der Waals surface area contributed by atoms with E-state index in [-0.39, 0.29) is 36.2 Å². The first-order valence-corrected chi connectivity index (χ1v) is 4.91. The fourth-order valence-electron chi connectivity index (χ4n) is 0.886. The van der Waals surface area contributed by atoms with Crippen molar-refractivity contribution in [2.24, 2.45) is 0 Å². The molecular formula is C12H19NaO. The number of hydrogen-bond acceptors (Lipinski definition) is 1. The normalized spacial score (nSPS) is 8.21. The molecule has 1 nitrogen and oxygen atoms in total. The molecule has 0 radical (unpaired) electrons. The molecule has 0 atom stereocenters. The first-order valence-electron chi connectivity index (χ1n) is 4.91. The summed E-state index contributed by atoms with van der Waals surface area (Å²) in [6, 6.07) is 10.3. The standard InChI is InChI=1S/C7H8.C5H11O.Na/c1-7-5-3-2-4-6-7;1-2-3-4-5-6;/h2-6H,1H3;2-5H2,1H3;/q;-1;+1. The van der Waals surface area contributed by atoms with Gasteiger partial charge in [-0.1, -0.05) is 62.1 Å². The molecule has 0 spiro atoms. The number of rotatable bonds is 3. The van der Waals surface area contributed by atoms with Gasteiger partial charge in [-0.05, 0) is 6.92 Å². The van der Waals surface area contributed by atoms with Crippen LogP contribution in [0.25, 0.3) is 0 Å². The summed E-state index contributed by atoms with van der Waals surface area (Å²) in [4.78, 5) is 0. The van der Waals surface area contributed by atoms with Crippen LogP contribution < -0.4 is 34.7 Å². The van der Waals surface area contributed by atoms with Crippen LogP contribution in [-0.2, 0) is 0 Å². The summed E-state index contributed by atoms with van der Waals surface area (Å²) < 4.78 is 0. The third-order valence-corrected chi connectivity index (χ3v) is 1.69. The molecule has 0 saturated carbocycles. The molecule has 0 aliphatic rings. The van der Waals surface area contributed by atoms with E-state index >= 15 is 0 Å². The molecule has 0 aliphatic heterocycles.